The Balaban J connectivity index is 2.01. The van der Waals surface area contributed by atoms with Gasteiger partial charge >= 0.3 is 0 Å². The Labute approximate surface area is 127 Å². The summed E-state index contributed by atoms with van der Waals surface area (Å²) < 4.78 is 31.9. The molecular formula is C13H16N2O4S2. The highest BCUT2D eigenvalue weighted by atomic mass is 32.2. The summed E-state index contributed by atoms with van der Waals surface area (Å²) in [4.78, 5) is 4.36. The van der Waals surface area contributed by atoms with Gasteiger partial charge in [-0.05, 0) is 31.2 Å². The van der Waals surface area contributed by atoms with Gasteiger partial charge in [0, 0.05) is 5.38 Å². The van der Waals surface area contributed by atoms with E-state index in [-0.39, 0.29) is 24.7 Å². The van der Waals surface area contributed by atoms with Crippen LogP contribution in [-0.2, 0) is 16.6 Å². The first-order chi connectivity index (χ1) is 10.0. The zero-order chi connectivity index (χ0) is 15.3. The van der Waals surface area contributed by atoms with E-state index in [1.807, 2.05) is 12.3 Å². The third-order valence-corrected chi connectivity index (χ3v) is 4.84. The van der Waals surface area contributed by atoms with Crippen LogP contribution >= 0.6 is 11.3 Å². The minimum atomic E-state index is -3.58. The zero-order valence-electron chi connectivity index (χ0n) is 11.4. The third kappa shape index (κ3) is 4.50. The first kappa shape index (κ1) is 15.9. The molecule has 0 saturated carbocycles. The summed E-state index contributed by atoms with van der Waals surface area (Å²) in [6, 6.07) is 6.02. The predicted molar refractivity (Wildman–Crippen MR) is 79.9 cm³/mol. The van der Waals surface area contributed by atoms with Crippen LogP contribution in [0.1, 0.15) is 10.7 Å². The van der Waals surface area contributed by atoms with Crippen LogP contribution in [0.4, 0.5) is 0 Å². The summed E-state index contributed by atoms with van der Waals surface area (Å²) in [7, 11) is -3.58. The molecule has 0 amide bonds. The van der Waals surface area contributed by atoms with Crippen LogP contribution in [0.3, 0.4) is 0 Å². The van der Waals surface area contributed by atoms with Crippen LogP contribution in [0.25, 0.3) is 0 Å². The lowest BCUT2D eigenvalue weighted by atomic mass is 10.3. The minimum absolute atomic E-state index is 0.0886. The molecule has 1 aromatic carbocycles. The number of rotatable bonds is 7. The van der Waals surface area contributed by atoms with Crippen molar-refractivity contribution in [1.82, 2.24) is 9.71 Å². The van der Waals surface area contributed by atoms with Gasteiger partial charge in [0.1, 0.15) is 12.4 Å². The molecule has 0 saturated heterocycles. The first-order valence-corrected chi connectivity index (χ1v) is 8.62. The number of aryl methyl sites for hydroxylation is 1. The maximum atomic E-state index is 12.1. The van der Waals surface area contributed by atoms with Crippen molar-refractivity contribution >= 4 is 21.4 Å². The molecule has 0 radical (unpaired) electrons. The van der Waals surface area contributed by atoms with Crippen LogP contribution < -0.4 is 9.46 Å². The Morgan fingerprint density at radius 3 is 2.62 bits per heavy atom. The lowest BCUT2D eigenvalue weighted by Crippen LogP contribution is -2.23. The maximum absolute atomic E-state index is 12.1. The average Bonchev–Trinajstić information content (AvgIpc) is 2.89. The molecule has 0 aliphatic heterocycles. The topological polar surface area (TPSA) is 88.5 Å². The molecule has 0 fully saturated rings. The summed E-state index contributed by atoms with van der Waals surface area (Å²) in [5, 5.41) is 11.4. The smallest absolute Gasteiger partial charge is 0.240 e. The van der Waals surface area contributed by atoms with Gasteiger partial charge in [0.25, 0.3) is 0 Å². The normalized spacial score (nSPS) is 11.5. The lowest BCUT2D eigenvalue weighted by molar-refractivity contribution is 0.201. The summed E-state index contributed by atoms with van der Waals surface area (Å²) in [6.07, 6.45) is 0. The molecular weight excluding hydrogens is 312 g/mol. The largest absolute Gasteiger partial charge is 0.491 e. The molecule has 1 aromatic heterocycles. The van der Waals surface area contributed by atoms with E-state index in [1.54, 1.807) is 12.1 Å². The van der Waals surface area contributed by atoms with E-state index < -0.39 is 10.0 Å². The van der Waals surface area contributed by atoms with E-state index in [9.17, 15) is 8.42 Å². The molecule has 0 spiro atoms. The van der Waals surface area contributed by atoms with E-state index >= 15 is 0 Å². The van der Waals surface area contributed by atoms with Crippen LogP contribution in [0.2, 0.25) is 0 Å². The highest BCUT2D eigenvalue weighted by molar-refractivity contribution is 7.89. The molecule has 0 aliphatic rings. The molecule has 0 bridgehead atoms. The lowest BCUT2D eigenvalue weighted by Gasteiger charge is -2.07. The number of sulfonamides is 1. The number of nitrogens with one attached hydrogen (secondary N) is 1. The molecule has 0 aliphatic carbocycles. The average molecular weight is 328 g/mol. The Morgan fingerprint density at radius 1 is 1.33 bits per heavy atom. The second kappa shape index (κ2) is 6.99. The van der Waals surface area contributed by atoms with Gasteiger partial charge in [0.15, 0.2) is 0 Å². The standard InChI is InChI=1S/C13H16N2O4S2/c1-10-15-11(9-20-10)8-14-21(17,18)13-4-2-12(3-5-13)19-7-6-16/h2-5,9,14,16H,6-8H2,1H3. The van der Waals surface area contributed by atoms with E-state index in [0.29, 0.717) is 11.4 Å². The molecule has 0 unspecified atom stereocenters. The van der Waals surface area contributed by atoms with Gasteiger partial charge in [-0.25, -0.2) is 18.1 Å². The Bertz CT molecular complexity index is 680. The number of hydrogen-bond acceptors (Lipinski definition) is 6. The Kier molecular flexibility index (Phi) is 5.29. The number of aromatic nitrogens is 1. The van der Waals surface area contributed by atoms with Crippen molar-refractivity contribution in [1.29, 1.82) is 0 Å². The second-order valence-corrected chi connectivity index (χ2v) is 7.06. The predicted octanol–water partition coefficient (Wildman–Crippen LogP) is 1.30. The van der Waals surface area contributed by atoms with Gasteiger partial charge in [-0.15, -0.1) is 11.3 Å². The fourth-order valence-electron chi connectivity index (χ4n) is 1.62. The number of ether oxygens (including phenoxy) is 1. The second-order valence-electron chi connectivity index (χ2n) is 4.23. The quantitative estimate of drug-likeness (QED) is 0.800. The molecule has 6 nitrogen and oxygen atoms in total. The number of benzene rings is 1. The van der Waals surface area contributed by atoms with E-state index in [4.69, 9.17) is 9.84 Å². The molecule has 2 rings (SSSR count). The van der Waals surface area contributed by atoms with Gasteiger partial charge in [0.05, 0.1) is 28.7 Å². The molecule has 2 N–H and O–H groups in total. The third-order valence-electron chi connectivity index (χ3n) is 2.60. The summed E-state index contributed by atoms with van der Waals surface area (Å²) in [5.41, 5.74) is 0.698. The van der Waals surface area contributed by atoms with Gasteiger partial charge in [-0.3, -0.25) is 0 Å². The maximum Gasteiger partial charge on any atom is 0.240 e. The fraction of sp³-hybridized carbons (Fsp3) is 0.308. The highest BCUT2D eigenvalue weighted by Crippen LogP contribution is 2.16. The van der Waals surface area contributed by atoms with Crippen LogP contribution in [0.5, 0.6) is 5.75 Å². The van der Waals surface area contributed by atoms with E-state index in [2.05, 4.69) is 9.71 Å². The molecule has 114 valence electrons. The number of thiazole rings is 1. The van der Waals surface area contributed by atoms with Gasteiger partial charge in [0.2, 0.25) is 10.0 Å². The first-order valence-electron chi connectivity index (χ1n) is 6.25. The van der Waals surface area contributed by atoms with Crippen molar-refractivity contribution in [2.75, 3.05) is 13.2 Å². The number of hydrogen-bond donors (Lipinski definition) is 2. The van der Waals surface area contributed by atoms with Crippen LogP contribution in [0.15, 0.2) is 34.5 Å². The number of aliphatic hydroxyl groups excluding tert-OH is 1. The van der Waals surface area contributed by atoms with E-state index in [1.165, 1.54) is 23.5 Å². The molecule has 2 aromatic rings. The summed E-state index contributed by atoms with van der Waals surface area (Å²) >= 11 is 1.48. The molecule has 21 heavy (non-hydrogen) atoms. The van der Waals surface area contributed by atoms with Crippen LogP contribution in [0, 0.1) is 6.92 Å². The number of nitrogens with zero attached hydrogens (tertiary/aromatic N) is 1. The minimum Gasteiger partial charge on any atom is -0.491 e. The summed E-state index contributed by atoms with van der Waals surface area (Å²) in [6.45, 7) is 2.12. The molecule has 8 heteroatoms. The SMILES string of the molecule is Cc1nc(CNS(=O)(=O)c2ccc(OCCO)cc2)cs1. The number of aliphatic hydroxyl groups is 1. The van der Waals surface area contributed by atoms with Crippen molar-refractivity contribution in [3.63, 3.8) is 0 Å². The Hall–Kier alpha value is -1.48. The Morgan fingerprint density at radius 2 is 2.05 bits per heavy atom. The van der Waals surface area contributed by atoms with Crippen molar-refractivity contribution in [2.45, 2.75) is 18.4 Å². The summed E-state index contributed by atoms with van der Waals surface area (Å²) in [5.74, 6) is 0.512. The van der Waals surface area contributed by atoms with Crippen molar-refractivity contribution in [2.24, 2.45) is 0 Å². The van der Waals surface area contributed by atoms with Crippen molar-refractivity contribution in [3.8, 4) is 5.75 Å². The van der Waals surface area contributed by atoms with Gasteiger partial charge in [-0.2, -0.15) is 0 Å². The zero-order valence-corrected chi connectivity index (χ0v) is 13.1. The van der Waals surface area contributed by atoms with Gasteiger partial charge in [-0.1, -0.05) is 0 Å². The van der Waals surface area contributed by atoms with Crippen molar-refractivity contribution < 1.29 is 18.3 Å². The fourth-order valence-corrected chi connectivity index (χ4v) is 3.23. The molecule has 0 atom stereocenters. The van der Waals surface area contributed by atoms with Gasteiger partial charge < -0.3 is 9.84 Å². The highest BCUT2D eigenvalue weighted by Gasteiger charge is 2.14. The van der Waals surface area contributed by atoms with E-state index in [0.717, 1.165) is 5.01 Å². The molecule has 1 heterocycles. The van der Waals surface area contributed by atoms with Crippen LogP contribution in [-0.4, -0.2) is 31.7 Å². The van der Waals surface area contributed by atoms with Crippen molar-refractivity contribution in [3.05, 3.63) is 40.3 Å². The monoisotopic (exact) mass is 328 g/mol.